The van der Waals surface area contributed by atoms with Crippen molar-refractivity contribution >= 4 is 28.3 Å². The Bertz CT molecular complexity index is 739. The van der Waals surface area contributed by atoms with E-state index < -0.39 is 0 Å². The minimum atomic E-state index is -0.107. The fourth-order valence-electron chi connectivity index (χ4n) is 2.68. The minimum absolute atomic E-state index is 0.107. The van der Waals surface area contributed by atoms with Crippen molar-refractivity contribution < 1.29 is 9.53 Å². The first-order chi connectivity index (χ1) is 10.7. The third kappa shape index (κ3) is 2.34. The number of morpholine rings is 1. The van der Waals surface area contributed by atoms with Gasteiger partial charge in [-0.15, -0.1) is 0 Å². The van der Waals surface area contributed by atoms with Crippen LogP contribution < -0.4 is 10.2 Å². The first kappa shape index (κ1) is 13.6. The Morgan fingerprint density at radius 1 is 1.36 bits per heavy atom. The quantitative estimate of drug-likeness (QED) is 0.767. The molecule has 1 aliphatic carbocycles. The Balaban J connectivity index is 1.67. The van der Waals surface area contributed by atoms with Crippen molar-refractivity contribution in [3.63, 3.8) is 0 Å². The van der Waals surface area contributed by atoms with Crippen molar-refractivity contribution in [3.05, 3.63) is 17.5 Å². The molecule has 0 atom stereocenters. The molecule has 1 fully saturated rings. The van der Waals surface area contributed by atoms with E-state index in [0.717, 1.165) is 47.3 Å². The molecule has 114 valence electrons. The molecule has 0 aromatic carbocycles. The summed E-state index contributed by atoms with van der Waals surface area (Å²) in [4.78, 5) is 28.0. The largest absolute Gasteiger partial charge is 0.378 e. The molecule has 8 heteroatoms. The van der Waals surface area contributed by atoms with Crippen LogP contribution in [0.2, 0.25) is 0 Å². The van der Waals surface area contributed by atoms with Crippen LogP contribution in [0, 0.1) is 0 Å². The summed E-state index contributed by atoms with van der Waals surface area (Å²) in [5, 5.41) is 3.38. The van der Waals surface area contributed by atoms with E-state index in [1.165, 1.54) is 18.3 Å². The van der Waals surface area contributed by atoms with E-state index in [9.17, 15) is 4.79 Å². The maximum atomic E-state index is 11.2. The van der Waals surface area contributed by atoms with Gasteiger partial charge in [-0.3, -0.25) is 4.79 Å². The van der Waals surface area contributed by atoms with Crippen molar-refractivity contribution in [2.24, 2.45) is 0 Å². The molecule has 0 saturated carbocycles. The molecule has 7 nitrogen and oxygen atoms in total. The second kappa shape index (κ2) is 5.29. The lowest BCUT2D eigenvalue weighted by Crippen LogP contribution is -2.37. The average Bonchev–Trinajstić information content (AvgIpc) is 3.04. The number of hydrogen-bond acceptors (Lipinski definition) is 7. The first-order valence-corrected chi connectivity index (χ1v) is 7.98. The topological polar surface area (TPSA) is 80.2 Å². The number of amides is 1. The minimum Gasteiger partial charge on any atom is -0.378 e. The summed E-state index contributed by atoms with van der Waals surface area (Å²) in [5.74, 6) is 0.633. The number of ether oxygens (including phenoxy) is 1. The molecular formula is C14H15N5O2S. The van der Waals surface area contributed by atoms with Crippen molar-refractivity contribution in [2.45, 2.75) is 13.3 Å². The lowest BCUT2D eigenvalue weighted by atomic mass is 10.2. The normalized spacial score (nSPS) is 16.3. The number of carbonyl (C=O) groups excluding carboxylic acids is 1. The number of fused-ring (bicyclic) bond motifs is 3. The highest BCUT2D eigenvalue weighted by Gasteiger charge is 2.27. The third-order valence-corrected chi connectivity index (χ3v) is 4.72. The number of hydrogen-bond donors (Lipinski definition) is 1. The average molecular weight is 317 g/mol. The summed E-state index contributed by atoms with van der Waals surface area (Å²) in [6.07, 6.45) is 2.61. The third-order valence-electron chi connectivity index (χ3n) is 3.70. The van der Waals surface area contributed by atoms with Crippen LogP contribution in [-0.4, -0.2) is 47.2 Å². The van der Waals surface area contributed by atoms with Crippen LogP contribution in [0.5, 0.6) is 0 Å². The smallest absolute Gasteiger partial charge is 0.226 e. The molecule has 3 heterocycles. The molecule has 0 radical (unpaired) electrons. The van der Waals surface area contributed by atoms with Gasteiger partial charge in [-0.05, 0) is 0 Å². The van der Waals surface area contributed by atoms with Gasteiger partial charge in [0.05, 0.1) is 29.5 Å². The maximum Gasteiger partial charge on any atom is 0.226 e. The van der Waals surface area contributed by atoms with Gasteiger partial charge in [0, 0.05) is 38.2 Å². The van der Waals surface area contributed by atoms with Gasteiger partial charge < -0.3 is 15.0 Å². The van der Waals surface area contributed by atoms with Gasteiger partial charge in [0.25, 0.3) is 0 Å². The predicted octanol–water partition coefficient (Wildman–Crippen LogP) is 1.30. The van der Waals surface area contributed by atoms with E-state index in [1.807, 2.05) is 6.20 Å². The summed E-state index contributed by atoms with van der Waals surface area (Å²) >= 11 is 1.47. The molecule has 0 unspecified atom stereocenters. The Labute approximate surface area is 131 Å². The van der Waals surface area contributed by atoms with Crippen molar-refractivity contribution in [1.29, 1.82) is 0 Å². The van der Waals surface area contributed by atoms with Crippen LogP contribution in [0.4, 0.5) is 11.1 Å². The molecule has 2 aromatic rings. The van der Waals surface area contributed by atoms with E-state index in [0.29, 0.717) is 18.3 Å². The van der Waals surface area contributed by atoms with E-state index in [4.69, 9.17) is 9.72 Å². The molecule has 1 aliphatic heterocycles. The van der Waals surface area contributed by atoms with Gasteiger partial charge in [-0.25, -0.2) is 15.0 Å². The summed E-state index contributed by atoms with van der Waals surface area (Å²) < 4.78 is 5.37. The number of carbonyl (C=O) groups is 1. The highest BCUT2D eigenvalue weighted by atomic mass is 32.1. The second-order valence-electron chi connectivity index (χ2n) is 5.30. The summed E-state index contributed by atoms with van der Waals surface area (Å²) in [6.45, 7) is 4.52. The van der Waals surface area contributed by atoms with Crippen LogP contribution >= 0.6 is 11.3 Å². The van der Waals surface area contributed by atoms with Gasteiger partial charge in [-0.1, -0.05) is 11.3 Å². The molecule has 1 N–H and O–H groups in total. The van der Waals surface area contributed by atoms with Crippen LogP contribution in [0.25, 0.3) is 10.6 Å². The summed E-state index contributed by atoms with van der Waals surface area (Å²) in [7, 11) is 0. The molecule has 2 aromatic heterocycles. The van der Waals surface area contributed by atoms with Gasteiger partial charge in [0.1, 0.15) is 0 Å². The van der Waals surface area contributed by atoms with Crippen LogP contribution in [0.1, 0.15) is 18.2 Å². The molecule has 0 spiro atoms. The molecular weight excluding hydrogens is 302 g/mol. The fraction of sp³-hybridized carbons (Fsp3) is 0.429. The number of nitrogens with zero attached hydrogens (tertiary/aromatic N) is 4. The number of aromatic nitrogens is 3. The van der Waals surface area contributed by atoms with Gasteiger partial charge in [0.2, 0.25) is 11.9 Å². The standard InChI is InChI=1S/C14H15N5O2S/c1-8(20)16-14-17-10-6-9-7-15-13(18-11(9)12(10)22-14)19-2-4-21-5-3-19/h7H,2-6H2,1H3,(H,16,17,20). The molecule has 1 saturated heterocycles. The maximum absolute atomic E-state index is 11.2. The van der Waals surface area contributed by atoms with Crippen molar-refractivity contribution in [3.8, 4) is 10.6 Å². The Morgan fingerprint density at radius 3 is 2.95 bits per heavy atom. The highest BCUT2D eigenvalue weighted by molar-refractivity contribution is 7.19. The lowest BCUT2D eigenvalue weighted by Gasteiger charge is -2.26. The summed E-state index contributed by atoms with van der Waals surface area (Å²) in [6, 6.07) is 0. The number of nitrogens with one attached hydrogen (secondary N) is 1. The van der Waals surface area contributed by atoms with Gasteiger partial charge >= 0.3 is 0 Å². The zero-order chi connectivity index (χ0) is 15.1. The number of thiazole rings is 1. The van der Waals surface area contributed by atoms with Crippen LogP contribution in [0.3, 0.4) is 0 Å². The molecule has 2 aliphatic rings. The highest BCUT2D eigenvalue weighted by Crippen LogP contribution is 2.41. The number of rotatable bonds is 2. The van der Waals surface area contributed by atoms with Crippen molar-refractivity contribution in [2.75, 3.05) is 36.5 Å². The Hall–Kier alpha value is -2.06. The van der Waals surface area contributed by atoms with Gasteiger partial charge in [-0.2, -0.15) is 0 Å². The number of anilines is 2. The first-order valence-electron chi connectivity index (χ1n) is 7.17. The zero-order valence-corrected chi connectivity index (χ0v) is 12.9. The molecule has 22 heavy (non-hydrogen) atoms. The second-order valence-corrected chi connectivity index (χ2v) is 6.30. The van der Waals surface area contributed by atoms with E-state index >= 15 is 0 Å². The Morgan fingerprint density at radius 2 is 2.18 bits per heavy atom. The SMILES string of the molecule is CC(=O)Nc1nc2c(s1)-c1nc(N3CCOCC3)ncc1C2. The van der Waals surface area contributed by atoms with Crippen LogP contribution in [-0.2, 0) is 16.0 Å². The molecule has 1 amide bonds. The van der Waals surface area contributed by atoms with Gasteiger partial charge in [0.15, 0.2) is 5.13 Å². The van der Waals surface area contributed by atoms with E-state index in [1.54, 1.807) is 0 Å². The van der Waals surface area contributed by atoms with E-state index in [2.05, 4.69) is 20.2 Å². The Kier molecular flexibility index (Phi) is 3.27. The van der Waals surface area contributed by atoms with E-state index in [-0.39, 0.29) is 5.91 Å². The molecule has 4 rings (SSSR count). The zero-order valence-electron chi connectivity index (χ0n) is 12.1. The fourth-order valence-corrected chi connectivity index (χ4v) is 3.73. The lowest BCUT2D eigenvalue weighted by molar-refractivity contribution is -0.114. The monoisotopic (exact) mass is 317 g/mol. The predicted molar refractivity (Wildman–Crippen MR) is 83.3 cm³/mol. The molecule has 0 bridgehead atoms. The summed E-state index contributed by atoms with van der Waals surface area (Å²) in [5.41, 5.74) is 3.01. The van der Waals surface area contributed by atoms with Crippen LogP contribution in [0.15, 0.2) is 6.20 Å². The van der Waals surface area contributed by atoms with Crippen molar-refractivity contribution in [1.82, 2.24) is 15.0 Å².